The second-order valence-corrected chi connectivity index (χ2v) is 8.05. The van der Waals surface area contributed by atoms with Gasteiger partial charge >= 0.3 is 0 Å². The van der Waals surface area contributed by atoms with Crippen LogP contribution in [0.2, 0.25) is 10.0 Å². The van der Waals surface area contributed by atoms with Crippen LogP contribution >= 0.6 is 23.2 Å². The fourth-order valence-corrected chi connectivity index (χ4v) is 5.06. The Balaban J connectivity index is 1.96. The number of hydrogen-bond donors (Lipinski definition) is 1. The first-order valence-electron chi connectivity index (χ1n) is 7.15. The molecule has 3 unspecified atom stereocenters. The Bertz CT molecular complexity index is 530. The molecule has 0 aliphatic heterocycles. The van der Waals surface area contributed by atoms with Gasteiger partial charge in [-0.1, -0.05) is 44.0 Å². The summed E-state index contributed by atoms with van der Waals surface area (Å²) in [6, 6.07) is 2.95. The molecule has 0 amide bonds. The minimum absolute atomic E-state index is 0.202. The molecule has 0 radical (unpaired) electrons. The predicted octanol–water partition coefficient (Wildman–Crippen LogP) is 5.76. The lowest BCUT2D eigenvalue weighted by Gasteiger charge is -2.44. The average molecular weight is 316 g/mol. The van der Waals surface area contributed by atoms with Gasteiger partial charge in [0, 0.05) is 6.04 Å². The summed E-state index contributed by atoms with van der Waals surface area (Å²) in [5, 5.41) is 4.25. The second-order valence-electron chi connectivity index (χ2n) is 7.24. The Morgan fingerprint density at radius 1 is 1.20 bits per heavy atom. The summed E-state index contributed by atoms with van der Waals surface area (Å²) < 4.78 is 13.3. The minimum Gasteiger partial charge on any atom is -0.379 e. The molecule has 2 fully saturated rings. The van der Waals surface area contributed by atoms with E-state index in [1.165, 1.54) is 31.4 Å². The van der Waals surface area contributed by atoms with Gasteiger partial charge < -0.3 is 5.32 Å². The number of rotatable bonds is 2. The molecular weight excluding hydrogens is 296 g/mol. The molecule has 0 heterocycles. The van der Waals surface area contributed by atoms with Gasteiger partial charge in [-0.3, -0.25) is 0 Å². The Morgan fingerprint density at radius 2 is 1.80 bits per heavy atom. The van der Waals surface area contributed by atoms with Crippen LogP contribution in [0.25, 0.3) is 0 Å². The minimum atomic E-state index is -0.399. The highest BCUT2D eigenvalue weighted by molar-refractivity contribution is 6.39. The van der Waals surface area contributed by atoms with E-state index in [2.05, 4.69) is 26.1 Å². The molecule has 4 heteroatoms. The first-order valence-corrected chi connectivity index (χ1v) is 7.91. The maximum atomic E-state index is 13.3. The van der Waals surface area contributed by atoms with Crippen molar-refractivity contribution in [2.45, 2.75) is 46.1 Å². The van der Waals surface area contributed by atoms with Crippen molar-refractivity contribution in [1.29, 1.82) is 0 Å². The number of nitrogens with one attached hydrogen (secondary N) is 1. The average Bonchev–Trinajstić information content (AvgIpc) is 2.77. The largest absolute Gasteiger partial charge is 0.379 e. The lowest BCUT2D eigenvalue weighted by Crippen LogP contribution is -2.45. The molecule has 3 atom stereocenters. The highest BCUT2D eigenvalue weighted by Crippen LogP contribution is 2.63. The van der Waals surface area contributed by atoms with E-state index in [4.69, 9.17) is 23.2 Å². The first kappa shape index (κ1) is 14.5. The summed E-state index contributed by atoms with van der Waals surface area (Å²) >= 11 is 12.3. The summed E-state index contributed by atoms with van der Waals surface area (Å²) in [6.07, 6.45) is 3.77. The van der Waals surface area contributed by atoms with Crippen molar-refractivity contribution in [3.8, 4) is 0 Å². The van der Waals surface area contributed by atoms with Gasteiger partial charge in [0.15, 0.2) is 0 Å². The molecule has 1 N–H and O–H groups in total. The molecule has 2 bridgehead atoms. The molecule has 0 aromatic heterocycles. The van der Waals surface area contributed by atoms with Crippen molar-refractivity contribution in [1.82, 2.24) is 0 Å². The van der Waals surface area contributed by atoms with Crippen LogP contribution in [0.5, 0.6) is 0 Å². The zero-order chi connectivity index (χ0) is 14.7. The molecule has 1 aromatic carbocycles. The maximum absolute atomic E-state index is 13.3. The third-order valence-corrected chi connectivity index (χ3v) is 6.16. The standard InChI is InChI=1S/C16H20Cl2FN/c1-15(2)9-4-5-16(3,8-9)14(15)20-13-11(17)6-10(19)7-12(13)18/h6-7,9,14,20H,4-5,8H2,1-3H3. The molecular formula is C16H20Cl2FN. The van der Waals surface area contributed by atoms with Crippen molar-refractivity contribution < 1.29 is 4.39 Å². The Kier molecular flexibility index (Phi) is 3.26. The third-order valence-electron chi connectivity index (χ3n) is 5.57. The quantitative estimate of drug-likeness (QED) is 0.731. The summed E-state index contributed by atoms with van der Waals surface area (Å²) in [5.41, 5.74) is 1.14. The van der Waals surface area contributed by atoms with E-state index >= 15 is 0 Å². The van der Waals surface area contributed by atoms with Crippen molar-refractivity contribution in [3.05, 3.63) is 28.0 Å². The van der Waals surface area contributed by atoms with Crippen LogP contribution < -0.4 is 5.32 Å². The zero-order valence-corrected chi connectivity index (χ0v) is 13.6. The summed E-state index contributed by atoms with van der Waals surface area (Å²) in [5.74, 6) is 0.340. The number of fused-ring (bicyclic) bond motifs is 2. The van der Waals surface area contributed by atoms with Crippen molar-refractivity contribution in [2.75, 3.05) is 5.32 Å². The molecule has 1 nitrogen and oxygen atoms in total. The summed E-state index contributed by atoms with van der Waals surface area (Å²) in [7, 11) is 0. The molecule has 2 saturated carbocycles. The first-order chi connectivity index (χ1) is 9.24. The van der Waals surface area contributed by atoms with Crippen molar-refractivity contribution in [2.24, 2.45) is 16.7 Å². The SMILES string of the molecule is CC12CCC(C1)C(C)(C)C2Nc1c(Cl)cc(F)cc1Cl. The highest BCUT2D eigenvalue weighted by Gasteiger charge is 2.59. The molecule has 3 rings (SSSR count). The van der Waals surface area contributed by atoms with Gasteiger partial charge in [0.2, 0.25) is 0 Å². The van der Waals surface area contributed by atoms with E-state index < -0.39 is 5.82 Å². The van der Waals surface area contributed by atoms with Crippen LogP contribution in [0.1, 0.15) is 40.0 Å². The second kappa shape index (κ2) is 4.51. The van der Waals surface area contributed by atoms with E-state index in [0.29, 0.717) is 21.8 Å². The van der Waals surface area contributed by atoms with Crippen molar-refractivity contribution in [3.63, 3.8) is 0 Å². The Labute approximate surface area is 129 Å². The number of hydrogen-bond acceptors (Lipinski definition) is 1. The fourth-order valence-electron chi connectivity index (χ4n) is 4.49. The van der Waals surface area contributed by atoms with Gasteiger partial charge in [0.25, 0.3) is 0 Å². The van der Waals surface area contributed by atoms with Gasteiger partial charge in [0.05, 0.1) is 15.7 Å². The monoisotopic (exact) mass is 315 g/mol. The highest BCUT2D eigenvalue weighted by atomic mass is 35.5. The Hall–Kier alpha value is -0.470. The summed E-state index contributed by atoms with van der Waals surface area (Å²) in [4.78, 5) is 0. The van der Waals surface area contributed by atoms with Gasteiger partial charge in [-0.05, 0) is 48.1 Å². The molecule has 20 heavy (non-hydrogen) atoms. The molecule has 2 aliphatic rings. The van der Waals surface area contributed by atoms with E-state index in [0.717, 1.165) is 5.92 Å². The lowest BCUT2D eigenvalue weighted by atomic mass is 9.68. The normalized spacial score (nSPS) is 34.5. The van der Waals surface area contributed by atoms with E-state index in [9.17, 15) is 4.39 Å². The molecule has 2 aliphatic carbocycles. The fraction of sp³-hybridized carbons (Fsp3) is 0.625. The van der Waals surface area contributed by atoms with Crippen LogP contribution in [-0.4, -0.2) is 6.04 Å². The van der Waals surface area contributed by atoms with E-state index in [-0.39, 0.29) is 10.8 Å². The van der Waals surface area contributed by atoms with Crippen LogP contribution in [0.15, 0.2) is 12.1 Å². The molecule has 1 aromatic rings. The van der Waals surface area contributed by atoms with E-state index in [1.807, 2.05) is 0 Å². The van der Waals surface area contributed by atoms with Crippen LogP contribution in [-0.2, 0) is 0 Å². The third kappa shape index (κ3) is 2.03. The molecule has 0 spiro atoms. The van der Waals surface area contributed by atoms with Gasteiger partial charge in [-0.25, -0.2) is 4.39 Å². The summed E-state index contributed by atoms with van der Waals surface area (Å²) in [6.45, 7) is 6.96. The molecule has 110 valence electrons. The van der Waals surface area contributed by atoms with Gasteiger partial charge in [0.1, 0.15) is 5.82 Å². The zero-order valence-electron chi connectivity index (χ0n) is 12.1. The van der Waals surface area contributed by atoms with Crippen molar-refractivity contribution >= 4 is 28.9 Å². The number of halogens is 3. The van der Waals surface area contributed by atoms with Crippen LogP contribution in [0, 0.1) is 22.6 Å². The van der Waals surface area contributed by atoms with E-state index in [1.54, 1.807) is 0 Å². The molecule has 0 saturated heterocycles. The van der Waals surface area contributed by atoms with Gasteiger partial charge in [-0.15, -0.1) is 0 Å². The predicted molar refractivity (Wildman–Crippen MR) is 83.1 cm³/mol. The Morgan fingerprint density at radius 3 is 2.30 bits per heavy atom. The van der Waals surface area contributed by atoms with Crippen LogP contribution in [0.4, 0.5) is 10.1 Å². The topological polar surface area (TPSA) is 12.0 Å². The smallest absolute Gasteiger partial charge is 0.126 e. The number of anilines is 1. The maximum Gasteiger partial charge on any atom is 0.126 e. The lowest BCUT2D eigenvalue weighted by molar-refractivity contribution is 0.155. The van der Waals surface area contributed by atoms with Crippen LogP contribution in [0.3, 0.4) is 0 Å². The number of benzene rings is 1. The van der Waals surface area contributed by atoms with Gasteiger partial charge in [-0.2, -0.15) is 0 Å².